The number of hydrogen-bond donors (Lipinski definition) is 10. The Morgan fingerprint density at radius 3 is 1.10 bits per heavy atom. The van der Waals surface area contributed by atoms with Crippen molar-refractivity contribution in [3.63, 3.8) is 0 Å². The Bertz CT molecular complexity index is 1430. The molecule has 0 fully saturated rings. The van der Waals surface area contributed by atoms with Crippen LogP contribution in [0.3, 0.4) is 0 Å². The first kappa shape index (κ1) is 42.5. The van der Waals surface area contributed by atoms with E-state index in [0.717, 1.165) is 35.1 Å². The van der Waals surface area contributed by atoms with Crippen molar-refractivity contribution in [3.8, 4) is 34.5 Å². The Kier molecular flexibility index (Phi) is 17.8. The van der Waals surface area contributed by atoms with Gasteiger partial charge in [-0.15, -0.1) is 34.0 Å². The number of aliphatic hydroxyl groups is 2. The smallest absolute Gasteiger partial charge is 0.119 e. The van der Waals surface area contributed by atoms with Crippen LogP contribution in [-0.4, -0.2) is 66.0 Å². The summed E-state index contributed by atoms with van der Waals surface area (Å²) in [7, 11) is 0. The van der Waals surface area contributed by atoms with Crippen molar-refractivity contribution in [2.45, 2.75) is 64.8 Å². The zero-order chi connectivity index (χ0) is 34.0. The predicted octanol–water partition coefficient (Wildman–Crippen LogP) is 5.89. The number of aryl methyl sites for hydroxylation is 2. The summed E-state index contributed by atoms with van der Waals surface area (Å²) in [6.45, 7) is 8.34. The first-order valence-electron chi connectivity index (χ1n) is 15.2. The van der Waals surface area contributed by atoms with Crippen molar-refractivity contribution >= 4 is 34.0 Å². The van der Waals surface area contributed by atoms with Gasteiger partial charge in [0.15, 0.2) is 0 Å². The molecule has 0 aliphatic heterocycles. The molecule has 4 aromatic rings. The van der Waals surface area contributed by atoms with Crippen LogP contribution >= 0.6 is 34.0 Å². The van der Waals surface area contributed by atoms with Crippen LogP contribution in [0.2, 0.25) is 0 Å². The van der Waals surface area contributed by atoms with E-state index in [0.29, 0.717) is 24.2 Å². The summed E-state index contributed by atoms with van der Waals surface area (Å²) in [6, 6.07) is 19.4. The molecule has 264 valence electrons. The summed E-state index contributed by atoms with van der Waals surface area (Å²) in [5, 5.41) is 83.6. The maximum atomic E-state index is 10.1. The molecule has 0 unspecified atom stereocenters. The fourth-order valence-electron chi connectivity index (χ4n) is 5.02. The van der Waals surface area contributed by atoms with Crippen molar-refractivity contribution < 1.29 is 40.9 Å². The molecule has 10 nitrogen and oxygen atoms in total. The molecule has 4 rings (SSSR count). The lowest BCUT2D eigenvalue weighted by atomic mass is 10.0. The SMILES string of the molecule is Br.Br.Cc1cc(C[C@@H](C)NC[C@H](O)c2cc(O)cc(O)c2)ccc1O.Cc1cc(C[C@H](C)NC[C@@H](O)c2cc(O)cc(O)c2)ccc1O. The van der Waals surface area contributed by atoms with Crippen LogP contribution in [0.15, 0.2) is 72.8 Å². The summed E-state index contributed by atoms with van der Waals surface area (Å²) in [4.78, 5) is 0. The molecule has 4 aromatic carbocycles. The molecule has 0 bridgehead atoms. The summed E-state index contributed by atoms with van der Waals surface area (Å²) in [5.74, 6) is 0.263. The highest BCUT2D eigenvalue weighted by Gasteiger charge is 2.14. The van der Waals surface area contributed by atoms with E-state index in [-0.39, 0.29) is 80.5 Å². The van der Waals surface area contributed by atoms with Crippen LogP contribution in [0.5, 0.6) is 34.5 Å². The average Bonchev–Trinajstić information content (AvgIpc) is 2.98. The van der Waals surface area contributed by atoms with Crippen LogP contribution in [0, 0.1) is 13.8 Å². The second kappa shape index (κ2) is 20.1. The van der Waals surface area contributed by atoms with Gasteiger partial charge in [-0.25, -0.2) is 0 Å². The highest BCUT2D eigenvalue weighted by atomic mass is 79.9. The Balaban J connectivity index is 0.000000461. The van der Waals surface area contributed by atoms with Crippen LogP contribution in [0.4, 0.5) is 0 Å². The van der Waals surface area contributed by atoms with Crippen LogP contribution < -0.4 is 10.6 Å². The van der Waals surface area contributed by atoms with Gasteiger partial charge in [0.05, 0.1) is 12.2 Å². The van der Waals surface area contributed by atoms with E-state index in [1.807, 2.05) is 52.0 Å². The van der Waals surface area contributed by atoms with Gasteiger partial charge in [0, 0.05) is 37.3 Å². The second-order valence-corrected chi connectivity index (χ2v) is 11.9. The van der Waals surface area contributed by atoms with Gasteiger partial charge in [-0.1, -0.05) is 24.3 Å². The lowest BCUT2D eigenvalue weighted by Crippen LogP contribution is -2.32. The first-order chi connectivity index (χ1) is 21.7. The molecule has 12 heteroatoms. The van der Waals surface area contributed by atoms with Crippen molar-refractivity contribution in [2.24, 2.45) is 0 Å². The molecule has 0 heterocycles. The topological polar surface area (TPSA) is 186 Å². The van der Waals surface area contributed by atoms with E-state index in [2.05, 4.69) is 10.6 Å². The quantitative estimate of drug-likeness (QED) is 0.0830. The number of phenols is 6. The van der Waals surface area contributed by atoms with E-state index in [1.165, 1.54) is 36.4 Å². The molecule has 10 N–H and O–H groups in total. The molecule has 0 aliphatic carbocycles. The summed E-state index contributed by atoms with van der Waals surface area (Å²) in [6.07, 6.45) is -0.118. The van der Waals surface area contributed by atoms with E-state index in [9.17, 15) is 40.9 Å². The number of hydrogen-bond acceptors (Lipinski definition) is 10. The predicted molar refractivity (Wildman–Crippen MR) is 198 cm³/mol. The third kappa shape index (κ3) is 13.9. The second-order valence-electron chi connectivity index (χ2n) is 11.9. The van der Waals surface area contributed by atoms with Gasteiger partial charge in [-0.2, -0.15) is 0 Å². The third-order valence-electron chi connectivity index (χ3n) is 7.54. The molecule has 0 amide bonds. The number of aliphatic hydroxyl groups excluding tert-OH is 2. The van der Waals surface area contributed by atoms with E-state index in [1.54, 1.807) is 12.1 Å². The number of halogens is 2. The van der Waals surface area contributed by atoms with Crippen molar-refractivity contribution in [1.82, 2.24) is 10.6 Å². The minimum absolute atomic E-state index is 0. The summed E-state index contributed by atoms with van der Waals surface area (Å²) in [5.41, 5.74) is 4.80. The standard InChI is InChI=1S/2C18H23NO4.2BrH/c2*1-11-5-13(3-4-17(11)22)6-12(2)19-10-18(23)14-7-15(20)9-16(21)8-14;;/h2*3-5,7-9,12,18-23H,6,10H2,1-2H3;2*1H/t2*12-,18+;;/m10../s1. The fraction of sp³-hybridized carbons (Fsp3) is 0.333. The van der Waals surface area contributed by atoms with Gasteiger partial charge in [0.1, 0.15) is 34.5 Å². The number of benzene rings is 4. The van der Waals surface area contributed by atoms with Gasteiger partial charge in [0.2, 0.25) is 0 Å². The Labute approximate surface area is 302 Å². The largest absolute Gasteiger partial charge is 0.508 e. The number of rotatable bonds is 12. The lowest BCUT2D eigenvalue weighted by Gasteiger charge is -2.18. The Morgan fingerprint density at radius 1 is 0.500 bits per heavy atom. The lowest BCUT2D eigenvalue weighted by molar-refractivity contribution is 0.169. The fourth-order valence-corrected chi connectivity index (χ4v) is 5.02. The Morgan fingerprint density at radius 2 is 0.812 bits per heavy atom. The van der Waals surface area contributed by atoms with Crippen molar-refractivity contribution in [3.05, 3.63) is 106 Å². The van der Waals surface area contributed by atoms with E-state index >= 15 is 0 Å². The van der Waals surface area contributed by atoms with Crippen molar-refractivity contribution in [2.75, 3.05) is 13.1 Å². The van der Waals surface area contributed by atoms with Gasteiger partial charge < -0.3 is 51.5 Å². The first-order valence-corrected chi connectivity index (χ1v) is 15.2. The van der Waals surface area contributed by atoms with Gasteiger partial charge in [-0.05, 0) is 110 Å². The molecule has 0 aromatic heterocycles. The minimum atomic E-state index is -0.822. The minimum Gasteiger partial charge on any atom is -0.508 e. The highest BCUT2D eigenvalue weighted by molar-refractivity contribution is 8.93. The molecule has 4 atom stereocenters. The molecule has 0 radical (unpaired) electrons. The van der Waals surface area contributed by atoms with Gasteiger partial charge >= 0.3 is 0 Å². The Hall–Kier alpha value is -3.52. The maximum Gasteiger partial charge on any atom is 0.119 e. The van der Waals surface area contributed by atoms with Gasteiger partial charge in [-0.3, -0.25) is 0 Å². The van der Waals surface area contributed by atoms with Crippen LogP contribution in [-0.2, 0) is 12.8 Å². The molecular weight excluding hydrogens is 748 g/mol. The molecule has 48 heavy (non-hydrogen) atoms. The third-order valence-corrected chi connectivity index (χ3v) is 7.54. The monoisotopic (exact) mass is 794 g/mol. The molecular formula is C36H48Br2N2O8. The average molecular weight is 797 g/mol. The molecule has 0 aliphatic rings. The van der Waals surface area contributed by atoms with Crippen molar-refractivity contribution in [1.29, 1.82) is 0 Å². The molecule has 0 spiro atoms. The zero-order valence-corrected chi connectivity index (χ0v) is 30.9. The van der Waals surface area contributed by atoms with E-state index < -0.39 is 12.2 Å². The normalized spacial score (nSPS) is 13.1. The highest BCUT2D eigenvalue weighted by Crippen LogP contribution is 2.26. The zero-order valence-electron chi connectivity index (χ0n) is 27.5. The maximum absolute atomic E-state index is 10.1. The van der Waals surface area contributed by atoms with Crippen LogP contribution in [0.25, 0.3) is 0 Å². The molecule has 0 saturated heterocycles. The van der Waals surface area contributed by atoms with E-state index in [4.69, 9.17) is 0 Å². The van der Waals surface area contributed by atoms with Gasteiger partial charge in [0.25, 0.3) is 0 Å². The molecule has 0 saturated carbocycles. The number of aromatic hydroxyl groups is 6. The summed E-state index contributed by atoms with van der Waals surface area (Å²) < 4.78 is 0. The number of nitrogens with one attached hydrogen (secondary N) is 2. The number of phenolic OH excluding ortho intramolecular Hbond substituents is 6. The van der Waals surface area contributed by atoms with Crippen LogP contribution in [0.1, 0.15) is 59.4 Å². The summed E-state index contributed by atoms with van der Waals surface area (Å²) >= 11 is 0.